The predicted molar refractivity (Wildman–Crippen MR) is 96.0 cm³/mol. The largest absolute Gasteiger partial charge is 0.330 e. The summed E-state index contributed by atoms with van der Waals surface area (Å²) in [5.74, 6) is -0.247. The van der Waals surface area contributed by atoms with Gasteiger partial charge in [-0.25, -0.2) is 0 Å². The van der Waals surface area contributed by atoms with Gasteiger partial charge in [-0.2, -0.15) is 0 Å². The Bertz CT molecular complexity index is 684. The molecule has 3 nitrogen and oxygen atoms in total. The fraction of sp³-hybridized carbons (Fsp3) is 0.0667. The number of halogens is 3. The molecule has 2 aromatic carbocycles. The van der Waals surface area contributed by atoms with E-state index < -0.39 is 0 Å². The zero-order chi connectivity index (χ0) is 16.1. The molecule has 2 N–H and O–H groups in total. The van der Waals surface area contributed by atoms with Crippen molar-refractivity contribution in [1.82, 2.24) is 5.32 Å². The van der Waals surface area contributed by atoms with Gasteiger partial charge in [0.2, 0.25) is 5.91 Å². The summed E-state index contributed by atoms with van der Waals surface area (Å²) in [4.78, 5) is 11.9. The number of anilines is 1. The number of benzene rings is 2. The first-order chi connectivity index (χ1) is 10.5. The summed E-state index contributed by atoms with van der Waals surface area (Å²) in [6.45, 7) is 0. The Balaban J connectivity index is 1.94. The number of nitrogens with one attached hydrogen (secondary N) is 2. The van der Waals surface area contributed by atoms with Crippen molar-refractivity contribution in [2.45, 2.75) is 6.42 Å². The number of thiocarbonyl (C=S) groups is 1. The summed E-state index contributed by atoms with van der Waals surface area (Å²) in [5, 5.41) is 6.99. The molecule has 0 aliphatic heterocycles. The van der Waals surface area contributed by atoms with E-state index in [-0.39, 0.29) is 17.4 Å². The average molecular weight is 374 g/mol. The van der Waals surface area contributed by atoms with E-state index in [1.54, 1.807) is 42.5 Å². The van der Waals surface area contributed by atoms with Crippen molar-refractivity contribution in [2.24, 2.45) is 0 Å². The summed E-state index contributed by atoms with van der Waals surface area (Å²) in [5.41, 5.74) is 1.29. The molecule has 0 spiro atoms. The maximum Gasteiger partial charge on any atom is 0.230 e. The second-order valence-electron chi connectivity index (χ2n) is 4.40. The molecule has 0 unspecified atom stereocenters. The molecule has 114 valence electrons. The van der Waals surface area contributed by atoms with Gasteiger partial charge in [0.15, 0.2) is 5.11 Å². The molecular formula is C15H11Cl3N2OS. The second-order valence-corrected chi connectivity index (χ2v) is 6.06. The molecule has 7 heteroatoms. The second kappa shape index (κ2) is 7.79. The molecule has 22 heavy (non-hydrogen) atoms. The molecule has 0 saturated heterocycles. The smallest absolute Gasteiger partial charge is 0.230 e. The highest BCUT2D eigenvalue weighted by molar-refractivity contribution is 7.80. The minimum atomic E-state index is -0.247. The lowest BCUT2D eigenvalue weighted by molar-refractivity contribution is -0.119. The van der Waals surface area contributed by atoms with Crippen molar-refractivity contribution < 1.29 is 4.79 Å². The lowest BCUT2D eigenvalue weighted by atomic mass is 10.1. The van der Waals surface area contributed by atoms with E-state index in [0.29, 0.717) is 20.8 Å². The first-order valence-corrected chi connectivity index (χ1v) is 7.79. The third-order valence-electron chi connectivity index (χ3n) is 2.73. The Morgan fingerprint density at radius 2 is 1.59 bits per heavy atom. The SMILES string of the molecule is O=C(Cc1ccc(Cl)cc1)NC(=S)Nc1c(Cl)cccc1Cl. The maximum atomic E-state index is 11.9. The molecule has 0 bridgehead atoms. The molecule has 0 fully saturated rings. The summed E-state index contributed by atoms with van der Waals surface area (Å²) in [7, 11) is 0. The van der Waals surface area contributed by atoms with E-state index >= 15 is 0 Å². The Morgan fingerprint density at radius 1 is 1.00 bits per heavy atom. The van der Waals surface area contributed by atoms with Crippen molar-refractivity contribution in [3.05, 3.63) is 63.1 Å². The Labute approximate surface area is 148 Å². The number of carbonyl (C=O) groups excluding carboxylic acids is 1. The first kappa shape index (κ1) is 17.0. The third-order valence-corrected chi connectivity index (χ3v) is 3.82. The van der Waals surface area contributed by atoms with Crippen LogP contribution in [0.5, 0.6) is 0 Å². The monoisotopic (exact) mass is 372 g/mol. The van der Waals surface area contributed by atoms with Gasteiger partial charge in [-0.05, 0) is 42.0 Å². The van der Waals surface area contributed by atoms with E-state index in [9.17, 15) is 4.79 Å². The van der Waals surface area contributed by atoms with Crippen molar-refractivity contribution in [2.75, 3.05) is 5.32 Å². The highest BCUT2D eigenvalue weighted by Crippen LogP contribution is 2.29. The molecular weight excluding hydrogens is 363 g/mol. The van der Waals surface area contributed by atoms with Gasteiger partial charge in [0, 0.05) is 5.02 Å². The fourth-order valence-electron chi connectivity index (χ4n) is 1.72. The van der Waals surface area contributed by atoms with Crippen LogP contribution in [0.1, 0.15) is 5.56 Å². The summed E-state index contributed by atoms with van der Waals surface area (Å²) < 4.78 is 0. The van der Waals surface area contributed by atoms with Crippen LogP contribution >= 0.6 is 47.0 Å². The predicted octanol–water partition coefficient (Wildman–Crippen LogP) is 4.70. The number of hydrogen-bond donors (Lipinski definition) is 2. The van der Waals surface area contributed by atoms with E-state index in [1.165, 1.54) is 0 Å². The van der Waals surface area contributed by atoms with Crippen molar-refractivity contribution in [1.29, 1.82) is 0 Å². The molecule has 2 aromatic rings. The van der Waals surface area contributed by atoms with Crippen LogP contribution < -0.4 is 10.6 Å². The minimum Gasteiger partial charge on any atom is -0.330 e. The van der Waals surface area contributed by atoms with Crippen LogP contribution in [0.25, 0.3) is 0 Å². The molecule has 0 aliphatic carbocycles. The van der Waals surface area contributed by atoms with Crippen molar-refractivity contribution in [3.63, 3.8) is 0 Å². The highest BCUT2D eigenvalue weighted by Gasteiger charge is 2.10. The van der Waals surface area contributed by atoms with Crippen LogP contribution in [0.2, 0.25) is 15.1 Å². The molecule has 0 heterocycles. The van der Waals surface area contributed by atoms with Gasteiger partial charge in [-0.3, -0.25) is 4.79 Å². The summed E-state index contributed by atoms with van der Waals surface area (Å²) >= 11 is 22.9. The zero-order valence-corrected chi connectivity index (χ0v) is 14.3. The van der Waals surface area contributed by atoms with Crippen LogP contribution in [0.15, 0.2) is 42.5 Å². The normalized spacial score (nSPS) is 10.1. The van der Waals surface area contributed by atoms with Gasteiger partial charge >= 0.3 is 0 Å². The van der Waals surface area contributed by atoms with Crippen LogP contribution in [0, 0.1) is 0 Å². The number of hydrogen-bond acceptors (Lipinski definition) is 2. The zero-order valence-electron chi connectivity index (χ0n) is 11.2. The van der Waals surface area contributed by atoms with Crippen molar-refractivity contribution >= 4 is 63.7 Å². The van der Waals surface area contributed by atoms with Gasteiger partial charge < -0.3 is 10.6 Å². The molecule has 0 atom stereocenters. The van der Waals surface area contributed by atoms with Crippen LogP contribution in [-0.2, 0) is 11.2 Å². The van der Waals surface area contributed by atoms with Crippen LogP contribution in [0.3, 0.4) is 0 Å². The summed E-state index contributed by atoms with van der Waals surface area (Å²) in [6, 6.07) is 12.1. The highest BCUT2D eigenvalue weighted by atomic mass is 35.5. The minimum absolute atomic E-state index is 0.133. The quantitative estimate of drug-likeness (QED) is 0.766. The number of carbonyl (C=O) groups is 1. The summed E-state index contributed by atoms with van der Waals surface area (Å²) in [6.07, 6.45) is 0.190. The van der Waals surface area contributed by atoms with Gasteiger partial charge in [-0.15, -0.1) is 0 Å². The Morgan fingerprint density at radius 3 is 2.18 bits per heavy atom. The topological polar surface area (TPSA) is 41.1 Å². The average Bonchev–Trinajstić information content (AvgIpc) is 2.45. The van der Waals surface area contributed by atoms with E-state index in [2.05, 4.69) is 10.6 Å². The van der Waals surface area contributed by atoms with Crippen molar-refractivity contribution in [3.8, 4) is 0 Å². The van der Waals surface area contributed by atoms with Gasteiger partial charge in [-0.1, -0.05) is 53.0 Å². The maximum absolute atomic E-state index is 11.9. The molecule has 0 aliphatic rings. The molecule has 0 aromatic heterocycles. The van der Waals surface area contributed by atoms with Gasteiger partial charge in [0.1, 0.15) is 0 Å². The molecule has 0 radical (unpaired) electrons. The van der Waals surface area contributed by atoms with Crippen LogP contribution in [0.4, 0.5) is 5.69 Å². The first-order valence-electron chi connectivity index (χ1n) is 6.25. The lowest BCUT2D eigenvalue weighted by Gasteiger charge is -2.12. The van der Waals surface area contributed by atoms with Gasteiger partial charge in [0.25, 0.3) is 0 Å². The Kier molecular flexibility index (Phi) is 6.03. The van der Waals surface area contributed by atoms with Gasteiger partial charge in [0.05, 0.1) is 22.2 Å². The molecule has 2 rings (SSSR count). The van der Waals surface area contributed by atoms with E-state index in [1.807, 2.05) is 0 Å². The standard InChI is InChI=1S/C15H11Cl3N2OS/c16-10-6-4-9(5-7-10)8-13(21)19-15(22)20-14-11(17)2-1-3-12(14)18/h1-7H,8H2,(H2,19,20,21,22). The van der Waals surface area contributed by atoms with E-state index in [0.717, 1.165) is 5.56 Å². The van der Waals surface area contributed by atoms with E-state index in [4.69, 9.17) is 47.0 Å². The fourth-order valence-corrected chi connectivity index (χ4v) is 2.55. The number of rotatable bonds is 3. The molecule has 0 saturated carbocycles. The third kappa shape index (κ3) is 4.85. The lowest BCUT2D eigenvalue weighted by Crippen LogP contribution is -2.35. The molecule has 1 amide bonds. The Hall–Kier alpha value is -1.33. The number of amides is 1. The van der Waals surface area contributed by atoms with Crippen LogP contribution in [-0.4, -0.2) is 11.0 Å². The number of para-hydroxylation sites is 1.